The molecule has 0 aromatic heterocycles. The van der Waals surface area contributed by atoms with E-state index in [0.717, 1.165) is 18.2 Å². The zero-order valence-electron chi connectivity index (χ0n) is 12.6. The smallest absolute Gasteiger partial charge is 0.494 e. The molecule has 0 unspecified atom stereocenters. The maximum atomic E-state index is 7.17. The molecule has 0 saturated heterocycles. The summed E-state index contributed by atoms with van der Waals surface area (Å²) in [5, 5.41) is 21.5. The molecule has 0 aliphatic rings. The van der Waals surface area contributed by atoms with Crippen molar-refractivity contribution in [2.24, 2.45) is 0 Å². The van der Waals surface area contributed by atoms with Crippen molar-refractivity contribution in [1.29, 1.82) is 0 Å². The lowest BCUT2D eigenvalue weighted by Gasteiger charge is -2.24. The minimum Gasteiger partial charge on any atom is -0.494 e. The minimum atomic E-state index is -2.44. The Kier molecular flexibility index (Phi) is 11.2. The molecule has 0 atom stereocenters. The van der Waals surface area contributed by atoms with Crippen LogP contribution in [0.2, 0.25) is 6.04 Å². The molecule has 0 spiro atoms. The summed E-state index contributed by atoms with van der Waals surface area (Å²) in [6.07, 6.45) is 0.844. The highest BCUT2D eigenvalue weighted by Gasteiger charge is 2.36. The summed E-state index contributed by atoms with van der Waals surface area (Å²) >= 11 is 0. The van der Waals surface area contributed by atoms with Crippen molar-refractivity contribution in [2.75, 3.05) is 27.9 Å². The van der Waals surface area contributed by atoms with Crippen LogP contribution >= 0.6 is 0 Å². The van der Waals surface area contributed by atoms with Crippen molar-refractivity contribution >= 4 is 16.1 Å². The summed E-state index contributed by atoms with van der Waals surface area (Å²) in [6.45, 7) is 0.634. The van der Waals surface area contributed by atoms with Gasteiger partial charge in [-0.25, -0.2) is 0 Å². The number of para-hydroxylation sites is 1. The Bertz CT molecular complexity index is 338. The van der Waals surface area contributed by atoms with E-state index in [1.165, 1.54) is 0 Å². The van der Waals surface area contributed by atoms with Gasteiger partial charge in [0.1, 0.15) is 5.75 Å². The van der Waals surface area contributed by atoms with Crippen molar-refractivity contribution < 1.29 is 33.1 Å². The van der Waals surface area contributed by atoms with Gasteiger partial charge in [0.25, 0.3) is 0 Å². The molecule has 9 heteroatoms. The lowest BCUT2D eigenvalue weighted by Crippen LogP contribution is -2.42. The molecule has 0 fully saturated rings. The molecule has 0 aliphatic heterocycles. The van der Waals surface area contributed by atoms with Crippen molar-refractivity contribution in [1.82, 2.24) is 0 Å². The van der Waals surface area contributed by atoms with Crippen LogP contribution in [0.4, 0.5) is 0 Å². The monoisotopic (exact) mass is 318 g/mol. The Morgan fingerprint density at radius 3 is 1.86 bits per heavy atom. The van der Waals surface area contributed by atoms with Crippen LogP contribution in [-0.4, -0.2) is 59.1 Å². The minimum absolute atomic E-state index is 0.634. The van der Waals surface area contributed by atoms with Gasteiger partial charge in [0.05, 0.1) is 6.61 Å². The van der Waals surface area contributed by atoms with Crippen LogP contribution in [0, 0.1) is 0 Å². The van der Waals surface area contributed by atoms with Gasteiger partial charge in [0, 0.05) is 27.4 Å². The molecule has 0 aliphatic carbocycles. The summed E-state index contributed by atoms with van der Waals surface area (Å²) < 4.78 is 21.6. The number of benzene rings is 1. The van der Waals surface area contributed by atoms with Crippen LogP contribution in [0.1, 0.15) is 6.42 Å². The normalized spacial score (nSPS) is 10.6. The van der Waals surface area contributed by atoms with E-state index in [-0.39, 0.29) is 0 Å². The summed E-state index contributed by atoms with van der Waals surface area (Å²) in [6, 6.07) is 10.5. The van der Waals surface area contributed by atoms with Crippen LogP contribution in [0.5, 0.6) is 5.75 Å². The van der Waals surface area contributed by atoms with Gasteiger partial charge < -0.3 is 33.1 Å². The Morgan fingerprint density at radius 1 is 0.952 bits per heavy atom. The predicted octanol–water partition coefficient (Wildman–Crippen LogP) is 0.282. The zero-order valence-corrected chi connectivity index (χ0v) is 13.6. The second kappa shape index (κ2) is 11.7. The lowest BCUT2D eigenvalue weighted by atomic mass is 10.3. The van der Waals surface area contributed by atoms with E-state index < -0.39 is 16.1 Å². The molecular formula is C12H23BO7Si. The largest absolute Gasteiger partial charge is 0.631 e. The molecule has 0 saturated carbocycles. The van der Waals surface area contributed by atoms with Crippen LogP contribution in [-0.2, 0) is 13.3 Å². The highest BCUT2D eigenvalue weighted by Crippen LogP contribution is 2.16. The highest BCUT2D eigenvalue weighted by molar-refractivity contribution is 6.60. The third-order valence-electron chi connectivity index (χ3n) is 2.57. The predicted molar refractivity (Wildman–Crippen MR) is 80.6 cm³/mol. The van der Waals surface area contributed by atoms with E-state index >= 15 is 0 Å². The third-order valence-corrected chi connectivity index (χ3v) is 5.40. The zero-order chi connectivity index (χ0) is 16.1. The van der Waals surface area contributed by atoms with Crippen molar-refractivity contribution in [3.05, 3.63) is 30.3 Å². The molecule has 0 radical (unpaired) electrons. The highest BCUT2D eigenvalue weighted by atomic mass is 28.4. The first-order valence-electron chi connectivity index (χ1n) is 6.37. The molecule has 0 amide bonds. The standard InChI is InChI=1S/C12H20O4Si.BH3O3/c1-13-17(14-2,15-3)11-7-10-16-12-8-5-4-6-9-12;2-1(3)4/h4-6,8-9H,7,10-11H2,1-3H3;2-4H. The fourth-order valence-corrected chi connectivity index (χ4v) is 3.24. The summed E-state index contributed by atoms with van der Waals surface area (Å²) in [5.41, 5.74) is 0. The maximum absolute atomic E-state index is 7.17. The van der Waals surface area contributed by atoms with Gasteiger partial charge in [0.2, 0.25) is 0 Å². The van der Waals surface area contributed by atoms with Crippen molar-refractivity contribution in [3.8, 4) is 5.75 Å². The Hall–Kier alpha value is -0.938. The van der Waals surface area contributed by atoms with Crippen molar-refractivity contribution in [3.63, 3.8) is 0 Å². The summed E-state index contributed by atoms with van der Waals surface area (Å²) in [5.74, 6) is 0.881. The van der Waals surface area contributed by atoms with Crippen LogP contribution in [0.25, 0.3) is 0 Å². The molecule has 0 bridgehead atoms. The summed E-state index contributed by atoms with van der Waals surface area (Å²) in [4.78, 5) is 0. The molecule has 0 heterocycles. The number of rotatable bonds is 8. The van der Waals surface area contributed by atoms with Gasteiger partial charge in [-0.3, -0.25) is 0 Å². The first kappa shape index (κ1) is 20.1. The van der Waals surface area contributed by atoms with Gasteiger partial charge in [-0.05, 0) is 18.6 Å². The Labute approximate surface area is 126 Å². The van der Waals surface area contributed by atoms with Gasteiger partial charge >= 0.3 is 16.1 Å². The summed E-state index contributed by atoms with van der Waals surface area (Å²) in [7, 11) is 0.265. The fourth-order valence-electron chi connectivity index (χ4n) is 1.55. The Balaban J connectivity index is 0.000000885. The fraction of sp³-hybridized carbons (Fsp3) is 0.500. The number of hydrogen-bond acceptors (Lipinski definition) is 7. The average molecular weight is 318 g/mol. The molecular weight excluding hydrogens is 295 g/mol. The molecule has 1 aromatic rings. The van der Waals surface area contributed by atoms with E-state index in [4.69, 9.17) is 33.1 Å². The SMILES string of the molecule is CO[Si](CCCOc1ccccc1)(OC)OC.OB(O)O. The second-order valence-electron chi connectivity index (χ2n) is 3.91. The third kappa shape index (κ3) is 9.58. The first-order chi connectivity index (χ1) is 9.99. The molecule has 1 rings (SSSR count). The van der Waals surface area contributed by atoms with Crippen LogP contribution in [0.3, 0.4) is 0 Å². The van der Waals surface area contributed by atoms with Gasteiger partial charge in [0.15, 0.2) is 0 Å². The average Bonchev–Trinajstić information content (AvgIpc) is 2.49. The molecule has 21 heavy (non-hydrogen) atoms. The number of hydrogen-bond donors (Lipinski definition) is 3. The topological polar surface area (TPSA) is 97.6 Å². The van der Waals surface area contributed by atoms with Gasteiger partial charge in [-0.2, -0.15) is 0 Å². The van der Waals surface area contributed by atoms with E-state index in [9.17, 15) is 0 Å². The molecule has 7 nitrogen and oxygen atoms in total. The van der Waals surface area contributed by atoms with E-state index in [0.29, 0.717) is 6.61 Å². The van der Waals surface area contributed by atoms with E-state index in [1.807, 2.05) is 30.3 Å². The Morgan fingerprint density at radius 2 is 1.43 bits per heavy atom. The van der Waals surface area contributed by atoms with E-state index in [2.05, 4.69) is 0 Å². The van der Waals surface area contributed by atoms with Crippen LogP contribution < -0.4 is 4.74 Å². The lowest BCUT2D eigenvalue weighted by molar-refractivity contribution is 0.121. The number of ether oxygens (including phenoxy) is 1. The molecule has 3 N–H and O–H groups in total. The second-order valence-corrected chi connectivity index (χ2v) is 7.00. The van der Waals surface area contributed by atoms with E-state index in [1.54, 1.807) is 21.3 Å². The first-order valence-corrected chi connectivity index (χ1v) is 8.30. The molecule has 120 valence electrons. The van der Waals surface area contributed by atoms with Gasteiger partial charge in [-0.15, -0.1) is 0 Å². The quantitative estimate of drug-likeness (QED) is 0.468. The van der Waals surface area contributed by atoms with Crippen molar-refractivity contribution in [2.45, 2.75) is 12.5 Å². The van der Waals surface area contributed by atoms with Crippen LogP contribution in [0.15, 0.2) is 30.3 Å². The molecule has 1 aromatic carbocycles. The maximum Gasteiger partial charge on any atom is 0.631 e. The van der Waals surface area contributed by atoms with Gasteiger partial charge in [-0.1, -0.05) is 18.2 Å².